The maximum atomic E-state index is 5.49. The fourth-order valence-electron chi connectivity index (χ4n) is 2.55. The van der Waals surface area contributed by atoms with E-state index < -0.39 is 0 Å². The van der Waals surface area contributed by atoms with Gasteiger partial charge in [0.2, 0.25) is 0 Å². The van der Waals surface area contributed by atoms with Crippen molar-refractivity contribution in [3.63, 3.8) is 0 Å². The number of ether oxygens (including phenoxy) is 2. The average molecular weight is 283 g/mol. The predicted octanol–water partition coefficient (Wildman–Crippen LogP) is 2.80. The number of hydrogen-bond acceptors (Lipinski definition) is 4. The van der Waals surface area contributed by atoms with Gasteiger partial charge in [-0.15, -0.1) is 0 Å². The van der Waals surface area contributed by atoms with Gasteiger partial charge in [0.05, 0.1) is 25.0 Å². The molecule has 0 aromatic carbocycles. The Morgan fingerprint density at radius 3 is 2.50 bits per heavy atom. The second-order valence-electron chi connectivity index (χ2n) is 5.54. The van der Waals surface area contributed by atoms with E-state index in [1.807, 2.05) is 4.68 Å². The molecule has 0 saturated heterocycles. The Labute approximate surface area is 122 Å². The normalized spacial score (nSPS) is 14.6. The van der Waals surface area contributed by atoms with Crippen molar-refractivity contribution < 1.29 is 9.47 Å². The van der Waals surface area contributed by atoms with Gasteiger partial charge < -0.3 is 14.8 Å². The van der Waals surface area contributed by atoms with E-state index in [0.717, 1.165) is 31.0 Å². The zero-order chi connectivity index (χ0) is 15.1. The number of methoxy groups -OCH3 is 2. The molecule has 1 heterocycles. The van der Waals surface area contributed by atoms with Crippen LogP contribution in [0.4, 0.5) is 0 Å². The summed E-state index contributed by atoms with van der Waals surface area (Å²) in [5.74, 6) is 1.33. The topological polar surface area (TPSA) is 48.3 Å². The molecule has 2 unspecified atom stereocenters. The van der Waals surface area contributed by atoms with Crippen molar-refractivity contribution in [1.82, 2.24) is 15.1 Å². The van der Waals surface area contributed by atoms with Gasteiger partial charge in [0.25, 0.3) is 0 Å². The van der Waals surface area contributed by atoms with Gasteiger partial charge in [-0.25, -0.2) is 0 Å². The highest BCUT2D eigenvalue weighted by Crippen LogP contribution is 2.31. The summed E-state index contributed by atoms with van der Waals surface area (Å²) in [6, 6.07) is 0.540. The van der Waals surface area contributed by atoms with Gasteiger partial charge in [-0.2, -0.15) is 5.10 Å². The van der Waals surface area contributed by atoms with Crippen molar-refractivity contribution in [2.24, 2.45) is 5.92 Å². The molecular formula is C15H29N3O2. The van der Waals surface area contributed by atoms with Crippen molar-refractivity contribution in [3.05, 3.63) is 11.9 Å². The molecule has 0 radical (unpaired) electrons. The Kier molecular flexibility index (Phi) is 7.02. The number of rotatable bonds is 9. The molecule has 5 nitrogen and oxygen atoms in total. The molecule has 116 valence electrons. The third-order valence-electron chi connectivity index (χ3n) is 3.38. The third kappa shape index (κ3) is 4.21. The molecule has 0 aliphatic carbocycles. The molecular weight excluding hydrogens is 254 g/mol. The maximum absolute atomic E-state index is 5.49. The highest BCUT2D eigenvalue weighted by atomic mass is 16.5. The fourth-order valence-corrected chi connectivity index (χ4v) is 2.55. The van der Waals surface area contributed by atoms with Crippen LogP contribution in [0.15, 0.2) is 6.20 Å². The molecule has 1 aromatic rings. The van der Waals surface area contributed by atoms with Crippen LogP contribution in [-0.2, 0) is 4.74 Å². The number of nitrogens with one attached hydrogen (secondary N) is 1. The summed E-state index contributed by atoms with van der Waals surface area (Å²) >= 11 is 0. The molecule has 1 aromatic heterocycles. The van der Waals surface area contributed by atoms with E-state index in [-0.39, 0.29) is 6.04 Å². The van der Waals surface area contributed by atoms with E-state index in [2.05, 4.69) is 38.1 Å². The van der Waals surface area contributed by atoms with Crippen LogP contribution in [0.2, 0.25) is 0 Å². The molecule has 0 fully saturated rings. The molecule has 2 atom stereocenters. The second kappa shape index (κ2) is 8.27. The molecule has 1 N–H and O–H groups in total. The lowest BCUT2D eigenvalue weighted by Gasteiger charge is -2.24. The van der Waals surface area contributed by atoms with Gasteiger partial charge in [0, 0.05) is 19.8 Å². The van der Waals surface area contributed by atoms with Crippen molar-refractivity contribution in [2.45, 2.75) is 46.2 Å². The Balaban J connectivity index is 3.03. The lowest BCUT2D eigenvalue weighted by atomic mass is 9.99. The monoisotopic (exact) mass is 283 g/mol. The summed E-state index contributed by atoms with van der Waals surface area (Å²) in [6.45, 7) is 10.3. The van der Waals surface area contributed by atoms with E-state index in [1.165, 1.54) is 0 Å². The summed E-state index contributed by atoms with van der Waals surface area (Å²) in [5, 5.41) is 8.01. The quantitative estimate of drug-likeness (QED) is 0.757. The van der Waals surface area contributed by atoms with E-state index in [1.54, 1.807) is 20.4 Å². The lowest BCUT2D eigenvalue weighted by Crippen LogP contribution is -2.27. The van der Waals surface area contributed by atoms with Gasteiger partial charge >= 0.3 is 0 Å². The fraction of sp³-hybridized carbons (Fsp3) is 0.800. The highest BCUT2D eigenvalue weighted by molar-refractivity contribution is 5.29. The summed E-state index contributed by atoms with van der Waals surface area (Å²) in [7, 11) is 3.45. The molecule has 0 aliphatic rings. The van der Waals surface area contributed by atoms with E-state index in [9.17, 15) is 0 Å². The van der Waals surface area contributed by atoms with E-state index in [4.69, 9.17) is 9.47 Å². The minimum absolute atomic E-state index is 0.227. The van der Waals surface area contributed by atoms with Gasteiger partial charge in [-0.3, -0.25) is 4.68 Å². The Hall–Kier alpha value is -1.07. The molecule has 0 bridgehead atoms. The minimum Gasteiger partial charge on any atom is -0.493 e. The second-order valence-corrected chi connectivity index (χ2v) is 5.54. The molecule has 1 rings (SSSR count). The van der Waals surface area contributed by atoms with Crippen LogP contribution in [0, 0.1) is 5.92 Å². The number of nitrogens with zero attached hydrogens (tertiary/aromatic N) is 2. The standard InChI is InChI=1S/C15H29N3O2/c1-7-16-13(8-12(4)10-19-5)15-14(20-6)9-17-18(15)11(2)3/h9,11-13,16H,7-8,10H2,1-6H3. The van der Waals surface area contributed by atoms with Crippen LogP contribution in [0.1, 0.15) is 51.9 Å². The van der Waals surface area contributed by atoms with Crippen LogP contribution in [0.25, 0.3) is 0 Å². The summed E-state index contributed by atoms with van der Waals surface area (Å²) in [6.07, 6.45) is 2.80. The predicted molar refractivity (Wildman–Crippen MR) is 81.2 cm³/mol. The SMILES string of the molecule is CCNC(CC(C)COC)c1c(OC)cnn1C(C)C. The van der Waals surface area contributed by atoms with E-state index >= 15 is 0 Å². The molecule has 0 spiro atoms. The van der Waals surface area contributed by atoms with Gasteiger partial charge in [-0.05, 0) is 32.7 Å². The van der Waals surface area contributed by atoms with Crippen LogP contribution in [-0.4, -0.2) is 37.2 Å². The molecule has 20 heavy (non-hydrogen) atoms. The Bertz CT molecular complexity index is 390. The molecule has 0 amide bonds. The Morgan fingerprint density at radius 2 is 2.00 bits per heavy atom. The first-order valence-electron chi connectivity index (χ1n) is 7.38. The van der Waals surface area contributed by atoms with Crippen molar-refractivity contribution in [2.75, 3.05) is 27.4 Å². The smallest absolute Gasteiger partial charge is 0.161 e. The summed E-state index contributed by atoms with van der Waals surface area (Å²) < 4.78 is 12.8. The highest BCUT2D eigenvalue weighted by Gasteiger charge is 2.24. The lowest BCUT2D eigenvalue weighted by molar-refractivity contribution is 0.148. The summed E-state index contributed by atoms with van der Waals surface area (Å²) in [5.41, 5.74) is 1.13. The summed E-state index contributed by atoms with van der Waals surface area (Å²) in [4.78, 5) is 0. The van der Waals surface area contributed by atoms with Gasteiger partial charge in [-0.1, -0.05) is 13.8 Å². The molecule has 5 heteroatoms. The molecule has 0 saturated carbocycles. The maximum Gasteiger partial charge on any atom is 0.161 e. The largest absolute Gasteiger partial charge is 0.493 e. The minimum atomic E-state index is 0.227. The van der Waals surface area contributed by atoms with Gasteiger partial charge in [0.1, 0.15) is 0 Å². The first-order chi connectivity index (χ1) is 9.54. The zero-order valence-electron chi connectivity index (χ0n) is 13.6. The van der Waals surface area contributed by atoms with Crippen LogP contribution in [0.3, 0.4) is 0 Å². The Morgan fingerprint density at radius 1 is 1.30 bits per heavy atom. The molecule has 0 aliphatic heterocycles. The van der Waals surface area contributed by atoms with Crippen LogP contribution < -0.4 is 10.1 Å². The third-order valence-corrected chi connectivity index (χ3v) is 3.38. The van der Waals surface area contributed by atoms with Crippen molar-refractivity contribution in [1.29, 1.82) is 0 Å². The number of hydrogen-bond donors (Lipinski definition) is 1. The first-order valence-corrected chi connectivity index (χ1v) is 7.38. The van der Waals surface area contributed by atoms with E-state index in [0.29, 0.717) is 12.0 Å². The van der Waals surface area contributed by atoms with Crippen molar-refractivity contribution in [3.8, 4) is 5.75 Å². The zero-order valence-corrected chi connectivity index (χ0v) is 13.6. The van der Waals surface area contributed by atoms with Crippen molar-refractivity contribution >= 4 is 0 Å². The first kappa shape index (κ1) is 17.0. The average Bonchev–Trinajstić information content (AvgIpc) is 2.82. The van der Waals surface area contributed by atoms with Crippen LogP contribution in [0.5, 0.6) is 5.75 Å². The number of aromatic nitrogens is 2. The van der Waals surface area contributed by atoms with Crippen LogP contribution >= 0.6 is 0 Å². The van der Waals surface area contributed by atoms with Gasteiger partial charge in [0.15, 0.2) is 5.75 Å².